The summed E-state index contributed by atoms with van der Waals surface area (Å²) in [6.07, 6.45) is 1.12. The third kappa shape index (κ3) is 5.09. The number of hydrogen-bond donors (Lipinski definition) is 1. The van der Waals surface area contributed by atoms with E-state index < -0.39 is 15.4 Å². The van der Waals surface area contributed by atoms with Crippen LogP contribution >= 0.6 is 23.5 Å². The highest BCUT2D eigenvalue weighted by Gasteiger charge is 2.28. The summed E-state index contributed by atoms with van der Waals surface area (Å²) in [5.41, 5.74) is 0.568. The van der Waals surface area contributed by atoms with Crippen LogP contribution in [0.4, 0.5) is 10.5 Å². The fourth-order valence-corrected chi connectivity index (χ4v) is 5.27. The normalized spacial score (nSPS) is 18.0. The second-order valence-corrected chi connectivity index (χ2v) is 12.0. The van der Waals surface area contributed by atoms with Crippen LogP contribution < -0.4 is 5.32 Å². The minimum Gasteiger partial charge on any atom is -0.633 e. The molecule has 0 unspecified atom stereocenters. The van der Waals surface area contributed by atoms with E-state index >= 15 is 0 Å². The molecule has 166 valence electrons. The van der Waals surface area contributed by atoms with E-state index in [0.717, 1.165) is 18.2 Å². The molecule has 0 atom stereocenters. The van der Waals surface area contributed by atoms with Crippen molar-refractivity contribution in [1.82, 2.24) is 13.3 Å². The molecule has 12 heteroatoms. The van der Waals surface area contributed by atoms with Gasteiger partial charge in [-0.3, -0.25) is 4.79 Å². The summed E-state index contributed by atoms with van der Waals surface area (Å²) < 4.78 is 27.7. The SMILES string of the molecule is CC(C)(C)c1nc2cc(Cl)c(NC(=O)SN3CC[N+](C)([O-])CC3)cc2n1S(C)(=O)=O. The van der Waals surface area contributed by atoms with Gasteiger partial charge in [-0.2, -0.15) is 0 Å². The summed E-state index contributed by atoms with van der Waals surface area (Å²) in [6.45, 7) is 7.46. The van der Waals surface area contributed by atoms with Gasteiger partial charge in [0.25, 0.3) is 5.24 Å². The zero-order valence-corrected chi connectivity index (χ0v) is 20.0. The molecule has 3 rings (SSSR count). The molecule has 1 saturated heterocycles. The van der Waals surface area contributed by atoms with E-state index in [-0.39, 0.29) is 14.9 Å². The van der Waals surface area contributed by atoms with Gasteiger partial charge < -0.3 is 15.2 Å². The van der Waals surface area contributed by atoms with Crippen LogP contribution in [0.5, 0.6) is 0 Å². The number of amides is 1. The van der Waals surface area contributed by atoms with E-state index in [1.165, 1.54) is 10.0 Å². The lowest BCUT2D eigenvalue weighted by molar-refractivity contribution is -0.864. The molecule has 1 aromatic carbocycles. The average molecular weight is 476 g/mol. The Bertz CT molecular complexity index is 1080. The third-order valence-corrected chi connectivity index (χ3v) is 7.03. The number of hydrogen-bond acceptors (Lipinski definition) is 7. The standard InChI is InChI=1S/C18H26ClN5O4S2/c1-18(2,3)16-20-14-10-12(19)13(11-15(14)23(16)30(5,27)28)21-17(25)29-22-6-8-24(4,26)9-7-22/h10-11H,6-9H2,1-5H3,(H,21,25). The van der Waals surface area contributed by atoms with E-state index in [1.54, 1.807) is 13.1 Å². The number of anilines is 1. The number of nitrogens with zero attached hydrogens (tertiary/aromatic N) is 4. The number of carbonyl (C=O) groups is 1. The molecule has 0 radical (unpaired) electrons. The summed E-state index contributed by atoms with van der Waals surface area (Å²) in [4.78, 5) is 17.0. The van der Waals surface area contributed by atoms with Crippen LogP contribution in [0, 0.1) is 5.21 Å². The van der Waals surface area contributed by atoms with Crippen molar-refractivity contribution < 1.29 is 17.9 Å². The van der Waals surface area contributed by atoms with Gasteiger partial charge in [-0.15, -0.1) is 0 Å². The van der Waals surface area contributed by atoms with Crippen LogP contribution in [0.25, 0.3) is 11.0 Å². The highest BCUT2D eigenvalue weighted by atomic mass is 35.5. The largest absolute Gasteiger partial charge is 0.633 e. The predicted molar refractivity (Wildman–Crippen MR) is 121 cm³/mol. The van der Waals surface area contributed by atoms with E-state index in [0.29, 0.717) is 48.7 Å². The number of aromatic nitrogens is 2. The number of rotatable bonds is 3. The number of nitrogens with one attached hydrogen (secondary N) is 1. The number of likely N-dealkylation sites (N-methyl/N-ethyl adjacent to an activating group) is 1. The third-order valence-electron chi connectivity index (χ3n) is 4.80. The first-order valence-corrected chi connectivity index (χ1v) is 12.4. The Morgan fingerprint density at radius 3 is 2.43 bits per heavy atom. The predicted octanol–water partition coefficient (Wildman–Crippen LogP) is 3.24. The first-order valence-electron chi connectivity index (χ1n) is 9.40. The van der Waals surface area contributed by atoms with Crippen LogP contribution in [0.2, 0.25) is 5.02 Å². The Balaban J connectivity index is 1.90. The van der Waals surface area contributed by atoms with Crippen LogP contribution in [0.15, 0.2) is 12.1 Å². The van der Waals surface area contributed by atoms with Gasteiger partial charge in [0.05, 0.1) is 61.2 Å². The molecule has 0 saturated carbocycles. The molecule has 1 amide bonds. The summed E-state index contributed by atoms with van der Waals surface area (Å²) >= 11 is 7.32. The first kappa shape index (κ1) is 23.3. The maximum absolute atomic E-state index is 12.5. The van der Waals surface area contributed by atoms with Gasteiger partial charge in [-0.1, -0.05) is 32.4 Å². The van der Waals surface area contributed by atoms with Gasteiger partial charge in [-0.25, -0.2) is 21.7 Å². The van der Waals surface area contributed by atoms with Crippen molar-refractivity contribution in [2.75, 3.05) is 44.8 Å². The molecule has 2 aromatic rings. The summed E-state index contributed by atoms with van der Waals surface area (Å²) in [6, 6.07) is 3.08. The van der Waals surface area contributed by atoms with Crippen LogP contribution in [-0.2, 0) is 15.4 Å². The van der Waals surface area contributed by atoms with E-state index in [1.807, 2.05) is 25.1 Å². The van der Waals surface area contributed by atoms with Crippen molar-refractivity contribution in [2.24, 2.45) is 0 Å². The summed E-state index contributed by atoms with van der Waals surface area (Å²) in [5, 5.41) is 14.6. The average Bonchev–Trinajstić information content (AvgIpc) is 2.96. The molecule has 0 aliphatic carbocycles. The van der Waals surface area contributed by atoms with Crippen molar-refractivity contribution in [3.05, 3.63) is 28.2 Å². The number of imidazole rings is 1. The first-order chi connectivity index (χ1) is 13.7. The number of halogens is 1. The second kappa shape index (κ2) is 7.95. The van der Waals surface area contributed by atoms with Gasteiger partial charge in [0.15, 0.2) is 0 Å². The zero-order chi connectivity index (χ0) is 22.5. The van der Waals surface area contributed by atoms with Gasteiger partial charge >= 0.3 is 0 Å². The number of benzene rings is 1. The maximum atomic E-state index is 12.5. The smallest absolute Gasteiger partial charge is 0.298 e. The molecule has 2 heterocycles. The lowest BCUT2D eigenvalue weighted by atomic mass is 9.96. The molecule has 0 spiro atoms. The molecule has 1 N–H and O–H groups in total. The van der Waals surface area contributed by atoms with Crippen molar-refractivity contribution >= 4 is 55.5 Å². The topological polar surface area (TPSA) is 107 Å². The Morgan fingerprint density at radius 1 is 1.30 bits per heavy atom. The Labute approximate surface area is 185 Å². The highest BCUT2D eigenvalue weighted by Crippen LogP contribution is 2.33. The van der Waals surface area contributed by atoms with Crippen molar-refractivity contribution in [2.45, 2.75) is 26.2 Å². The quantitative estimate of drug-likeness (QED) is 0.412. The second-order valence-electron chi connectivity index (χ2n) is 8.71. The van der Waals surface area contributed by atoms with Gasteiger partial charge in [0.2, 0.25) is 10.0 Å². The number of piperazine rings is 1. The van der Waals surface area contributed by atoms with E-state index in [2.05, 4.69) is 10.3 Å². The van der Waals surface area contributed by atoms with Crippen LogP contribution in [0.3, 0.4) is 0 Å². The molecule has 9 nitrogen and oxygen atoms in total. The fourth-order valence-electron chi connectivity index (χ4n) is 3.19. The van der Waals surface area contributed by atoms with E-state index in [4.69, 9.17) is 11.6 Å². The Kier molecular flexibility index (Phi) is 6.18. The molecule has 1 aliphatic heterocycles. The summed E-state index contributed by atoms with van der Waals surface area (Å²) in [5.74, 6) is 0.390. The zero-order valence-electron chi connectivity index (χ0n) is 17.6. The minimum atomic E-state index is -3.64. The molecular weight excluding hydrogens is 450 g/mol. The van der Waals surface area contributed by atoms with Gasteiger partial charge in [0.1, 0.15) is 5.82 Å². The summed E-state index contributed by atoms with van der Waals surface area (Å²) in [7, 11) is -2.02. The molecule has 1 fully saturated rings. The molecule has 1 aliphatic rings. The molecular formula is C18H26ClN5O4S2. The Morgan fingerprint density at radius 2 is 1.90 bits per heavy atom. The number of hydroxylamine groups is 3. The monoisotopic (exact) mass is 475 g/mol. The van der Waals surface area contributed by atoms with E-state index in [9.17, 15) is 18.4 Å². The van der Waals surface area contributed by atoms with Crippen LogP contribution in [0.1, 0.15) is 26.6 Å². The van der Waals surface area contributed by atoms with Crippen molar-refractivity contribution in [3.8, 4) is 0 Å². The van der Waals surface area contributed by atoms with Crippen molar-refractivity contribution in [1.29, 1.82) is 0 Å². The molecule has 0 bridgehead atoms. The van der Waals surface area contributed by atoms with Gasteiger partial charge in [0, 0.05) is 17.4 Å². The maximum Gasteiger partial charge on any atom is 0.298 e. The van der Waals surface area contributed by atoms with Crippen LogP contribution in [-0.4, -0.2) is 71.0 Å². The molecule has 30 heavy (non-hydrogen) atoms. The molecule has 1 aromatic heterocycles. The number of fused-ring (bicyclic) bond motifs is 1. The van der Waals surface area contributed by atoms with Crippen molar-refractivity contribution in [3.63, 3.8) is 0 Å². The highest BCUT2D eigenvalue weighted by molar-refractivity contribution is 8.11. The Hall–Kier alpha value is -1.37. The minimum absolute atomic E-state index is 0.262. The number of quaternary nitrogens is 1. The lowest BCUT2D eigenvalue weighted by Crippen LogP contribution is -2.52. The lowest BCUT2D eigenvalue weighted by Gasteiger charge is -2.44. The van der Waals surface area contributed by atoms with Gasteiger partial charge in [-0.05, 0) is 12.1 Å². The fraction of sp³-hybridized carbons (Fsp3) is 0.556. The number of carbonyl (C=O) groups excluding carboxylic acids is 1.